The maximum atomic E-state index is 10.4. The smallest absolute Gasteiger partial charge is 0.323 e. The second kappa shape index (κ2) is 4.35. The number of hydrogen-bond donors (Lipinski definition) is 2. The van der Waals surface area contributed by atoms with Crippen LogP contribution in [0.25, 0.3) is 0 Å². The Morgan fingerprint density at radius 3 is 2.40 bits per heavy atom. The first-order chi connectivity index (χ1) is 4.48. The van der Waals surface area contributed by atoms with Gasteiger partial charge < -0.3 is 9.79 Å². The number of hydrogen-bond acceptors (Lipinski definition) is 1. The van der Waals surface area contributed by atoms with Gasteiger partial charge in [0.05, 0.1) is 0 Å². The fourth-order valence-corrected chi connectivity index (χ4v) is 1.21. The Bertz CT molecular complexity index is 133. The van der Waals surface area contributed by atoms with Gasteiger partial charge in [-0.1, -0.05) is 19.8 Å². The molecular formula is C5H12ClO3P. The summed E-state index contributed by atoms with van der Waals surface area (Å²) in [5.41, 5.74) is 0. The van der Waals surface area contributed by atoms with Crippen molar-refractivity contribution < 1.29 is 14.4 Å². The van der Waals surface area contributed by atoms with E-state index >= 15 is 0 Å². The molecule has 0 spiro atoms. The molecule has 2 N–H and O–H groups in total. The normalized spacial score (nSPS) is 15.2. The Morgan fingerprint density at radius 1 is 1.60 bits per heavy atom. The average Bonchev–Trinajstić information content (AvgIpc) is 1.80. The van der Waals surface area contributed by atoms with Crippen molar-refractivity contribution in [3.8, 4) is 0 Å². The van der Waals surface area contributed by atoms with Crippen molar-refractivity contribution in [1.82, 2.24) is 0 Å². The first-order valence-corrected chi connectivity index (χ1v) is 5.29. The molecule has 0 rings (SSSR count). The number of alkyl halides is 1. The van der Waals surface area contributed by atoms with Crippen LogP contribution in [0.2, 0.25) is 0 Å². The van der Waals surface area contributed by atoms with E-state index in [9.17, 15) is 4.57 Å². The summed E-state index contributed by atoms with van der Waals surface area (Å²) in [6.07, 6.45) is 2.06. The summed E-state index contributed by atoms with van der Waals surface area (Å²) in [6, 6.07) is 0. The molecule has 0 aromatic heterocycles. The van der Waals surface area contributed by atoms with Crippen LogP contribution in [0, 0.1) is 0 Å². The molecule has 0 bridgehead atoms. The van der Waals surface area contributed by atoms with Gasteiger partial charge in [0.25, 0.3) is 0 Å². The van der Waals surface area contributed by atoms with Crippen LogP contribution in [0.1, 0.15) is 26.2 Å². The van der Waals surface area contributed by atoms with E-state index in [0.717, 1.165) is 12.8 Å². The van der Waals surface area contributed by atoms with E-state index in [-0.39, 0.29) is 0 Å². The van der Waals surface area contributed by atoms with Gasteiger partial charge in [-0.3, -0.25) is 4.57 Å². The molecule has 0 saturated carbocycles. The van der Waals surface area contributed by atoms with Crippen LogP contribution < -0.4 is 0 Å². The Kier molecular flexibility index (Phi) is 4.54. The maximum absolute atomic E-state index is 10.4. The SMILES string of the molecule is CCCCC(Cl)P(=O)(O)O. The molecule has 1 atom stereocenters. The molecule has 0 radical (unpaired) electrons. The minimum absolute atomic E-state index is 0.391. The number of unbranched alkanes of at least 4 members (excludes halogenated alkanes) is 1. The number of rotatable bonds is 4. The Labute approximate surface area is 65.6 Å². The van der Waals surface area contributed by atoms with Gasteiger partial charge in [-0.15, -0.1) is 11.6 Å². The second-order valence-electron chi connectivity index (χ2n) is 2.17. The zero-order valence-corrected chi connectivity index (χ0v) is 7.48. The molecule has 3 nitrogen and oxygen atoms in total. The fraction of sp³-hybridized carbons (Fsp3) is 1.00. The molecule has 0 saturated heterocycles. The third kappa shape index (κ3) is 4.29. The van der Waals surface area contributed by atoms with Crippen LogP contribution in [0.3, 0.4) is 0 Å². The standard InChI is InChI=1S/C5H12ClO3P/c1-2-3-4-5(6)10(7,8)9/h5H,2-4H2,1H3,(H2,7,8,9). The lowest BCUT2D eigenvalue weighted by Crippen LogP contribution is -1.98. The summed E-state index contributed by atoms with van der Waals surface area (Å²) in [5, 5.41) is -0.993. The summed E-state index contributed by atoms with van der Waals surface area (Å²) in [6.45, 7) is 1.95. The van der Waals surface area contributed by atoms with Crippen molar-refractivity contribution in [2.45, 2.75) is 31.3 Å². The minimum atomic E-state index is -4.02. The summed E-state index contributed by atoms with van der Waals surface area (Å²) < 4.78 is 10.4. The quantitative estimate of drug-likeness (QED) is 0.521. The summed E-state index contributed by atoms with van der Waals surface area (Å²) >= 11 is 5.37. The molecular weight excluding hydrogens is 174 g/mol. The van der Waals surface area contributed by atoms with Crippen LogP contribution in [-0.4, -0.2) is 14.9 Å². The lowest BCUT2D eigenvalue weighted by Gasteiger charge is -2.09. The van der Waals surface area contributed by atoms with E-state index in [1.165, 1.54) is 0 Å². The van der Waals surface area contributed by atoms with Gasteiger partial charge in [-0.25, -0.2) is 0 Å². The molecule has 0 aliphatic carbocycles. The van der Waals surface area contributed by atoms with Crippen LogP contribution in [0.15, 0.2) is 0 Å². The highest BCUT2D eigenvalue weighted by Gasteiger charge is 2.24. The van der Waals surface area contributed by atoms with Gasteiger partial charge in [0.15, 0.2) is 0 Å². The number of halogens is 1. The van der Waals surface area contributed by atoms with Gasteiger partial charge in [0.1, 0.15) is 5.12 Å². The van der Waals surface area contributed by atoms with Gasteiger partial charge in [-0.05, 0) is 6.42 Å². The molecule has 10 heavy (non-hydrogen) atoms. The van der Waals surface area contributed by atoms with Crippen LogP contribution in [0.5, 0.6) is 0 Å². The zero-order chi connectivity index (χ0) is 8.20. The Balaban J connectivity index is 3.63. The van der Waals surface area contributed by atoms with E-state index in [1.807, 2.05) is 6.92 Å². The van der Waals surface area contributed by atoms with Crippen molar-refractivity contribution in [2.75, 3.05) is 0 Å². The van der Waals surface area contributed by atoms with Crippen molar-refractivity contribution in [3.63, 3.8) is 0 Å². The lowest BCUT2D eigenvalue weighted by molar-refractivity contribution is 0.366. The van der Waals surface area contributed by atoms with E-state index in [0.29, 0.717) is 6.42 Å². The summed E-state index contributed by atoms with van der Waals surface area (Å²) in [7, 11) is -4.02. The predicted octanol–water partition coefficient (Wildman–Crippen LogP) is 1.92. The first-order valence-electron chi connectivity index (χ1n) is 3.17. The average molecular weight is 187 g/mol. The van der Waals surface area contributed by atoms with Gasteiger partial charge in [-0.2, -0.15) is 0 Å². The second-order valence-corrected chi connectivity index (χ2v) is 4.80. The zero-order valence-electron chi connectivity index (χ0n) is 5.83. The van der Waals surface area contributed by atoms with Crippen molar-refractivity contribution in [2.24, 2.45) is 0 Å². The highest BCUT2D eigenvalue weighted by molar-refractivity contribution is 7.54. The van der Waals surface area contributed by atoms with Crippen LogP contribution in [-0.2, 0) is 4.57 Å². The third-order valence-electron chi connectivity index (χ3n) is 1.16. The van der Waals surface area contributed by atoms with Gasteiger partial charge >= 0.3 is 7.60 Å². The van der Waals surface area contributed by atoms with Crippen molar-refractivity contribution in [1.29, 1.82) is 0 Å². The topological polar surface area (TPSA) is 57.5 Å². The molecule has 1 unspecified atom stereocenters. The predicted molar refractivity (Wildman–Crippen MR) is 41.2 cm³/mol. The van der Waals surface area contributed by atoms with Crippen LogP contribution in [0.4, 0.5) is 0 Å². The van der Waals surface area contributed by atoms with E-state index in [2.05, 4.69) is 0 Å². The lowest BCUT2D eigenvalue weighted by atomic mass is 10.3. The van der Waals surface area contributed by atoms with Crippen LogP contribution >= 0.6 is 19.2 Å². The van der Waals surface area contributed by atoms with Crippen molar-refractivity contribution in [3.05, 3.63) is 0 Å². The molecule has 0 aliphatic heterocycles. The molecule has 0 aromatic rings. The fourth-order valence-electron chi connectivity index (χ4n) is 0.541. The van der Waals surface area contributed by atoms with E-state index < -0.39 is 12.7 Å². The van der Waals surface area contributed by atoms with Gasteiger partial charge in [0, 0.05) is 0 Å². The Hall–Kier alpha value is 0.440. The molecule has 0 amide bonds. The monoisotopic (exact) mass is 186 g/mol. The highest BCUT2D eigenvalue weighted by Crippen LogP contribution is 2.45. The molecule has 0 aliphatic rings. The summed E-state index contributed by atoms with van der Waals surface area (Å²) in [4.78, 5) is 17.0. The first kappa shape index (κ1) is 10.4. The minimum Gasteiger partial charge on any atom is -0.323 e. The van der Waals surface area contributed by atoms with Gasteiger partial charge in [0.2, 0.25) is 0 Å². The molecule has 0 heterocycles. The van der Waals surface area contributed by atoms with E-state index in [1.54, 1.807) is 0 Å². The Morgan fingerprint density at radius 2 is 2.10 bits per heavy atom. The molecule has 5 heteroatoms. The molecule has 62 valence electrons. The highest BCUT2D eigenvalue weighted by atomic mass is 35.5. The molecule has 0 fully saturated rings. The van der Waals surface area contributed by atoms with Crippen molar-refractivity contribution >= 4 is 19.2 Å². The van der Waals surface area contributed by atoms with E-state index in [4.69, 9.17) is 21.4 Å². The maximum Gasteiger partial charge on any atom is 0.343 e. The molecule has 0 aromatic carbocycles. The summed E-state index contributed by atoms with van der Waals surface area (Å²) in [5.74, 6) is 0. The largest absolute Gasteiger partial charge is 0.343 e. The third-order valence-corrected chi connectivity index (χ3v) is 3.13.